The van der Waals surface area contributed by atoms with Gasteiger partial charge in [-0.15, -0.1) is 0 Å². The summed E-state index contributed by atoms with van der Waals surface area (Å²) in [5.74, 6) is -0.0717. The summed E-state index contributed by atoms with van der Waals surface area (Å²) in [6, 6.07) is 0. The molecule has 0 aliphatic carbocycles. The molecule has 132 valence electrons. The summed E-state index contributed by atoms with van der Waals surface area (Å²) in [5.41, 5.74) is 4.22. The lowest BCUT2D eigenvalue weighted by Gasteiger charge is -2.03. The zero-order chi connectivity index (χ0) is 17.5. The summed E-state index contributed by atoms with van der Waals surface area (Å²) >= 11 is 0. The number of unbranched alkanes of at least 4 members (excludes halogenated alkanes) is 1. The SMILES string of the molecule is CCCCOC(=O)CC/C=C(\C)CC/C=C(\C)CCC=C(C)C. The average Bonchev–Trinajstić information content (AvgIpc) is 2.47. The maximum absolute atomic E-state index is 11.5. The number of rotatable bonds is 12. The third-order valence-electron chi connectivity index (χ3n) is 3.72. The lowest BCUT2D eigenvalue weighted by Crippen LogP contribution is -2.04. The van der Waals surface area contributed by atoms with E-state index in [4.69, 9.17) is 4.74 Å². The molecule has 0 aromatic rings. The first-order valence-corrected chi connectivity index (χ1v) is 9.06. The van der Waals surface area contributed by atoms with Crippen LogP contribution in [0.15, 0.2) is 34.9 Å². The van der Waals surface area contributed by atoms with Crippen LogP contribution in [0, 0.1) is 0 Å². The van der Waals surface area contributed by atoms with Crippen LogP contribution in [0.2, 0.25) is 0 Å². The summed E-state index contributed by atoms with van der Waals surface area (Å²) in [6.45, 7) is 11.3. The van der Waals surface area contributed by atoms with Gasteiger partial charge in [-0.2, -0.15) is 0 Å². The molecule has 0 radical (unpaired) electrons. The molecule has 0 spiro atoms. The smallest absolute Gasteiger partial charge is 0.306 e. The van der Waals surface area contributed by atoms with E-state index in [0.29, 0.717) is 13.0 Å². The third-order valence-corrected chi connectivity index (χ3v) is 3.72. The van der Waals surface area contributed by atoms with Gasteiger partial charge in [-0.1, -0.05) is 48.3 Å². The summed E-state index contributed by atoms with van der Waals surface area (Å²) in [5, 5.41) is 0. The first-order chi connectivity index (χ1) is 11.0. The standard InChI is InChI=1S/C21H36O2/c1-6-7-17-23-21(22)16-10-15-20(5)14-9-13-19(4)12-8-11-18(2)3/h11,13,15H,6-10,12,14,16-17H2,1-5H3/b19-13+,20-15+. The van der Waals surface area contributed by atoms with Crippen molar-refractivity contribution < 1.29 is 9.53 Å². The molecule has 0 amide bonds. The molecule has 0 saturated carbocycles. The lowest BCUT2D eigenvalue weighted by atomic mass is 10.1. The highest BCUT2D eigenvalue weighted by molar-refractivity contribution is 5.69. The molecule has 2 heteroatoms. The van der Waals surface area contributed by atoms with Crippen LogP contribution in [0.1, 0.15) is 86.0 Å². The van der Waals surface area contributed by atoms with Gasteiger partial charge < -0.3 is 4.74 Å². The average molecular weight is 321 g/mol. The van der Waals surface area contributed by atoms with Crippen LogP contribution in [0.3, 0.4) is 0 Å². The van der Waals surface area contributed by atoms with E-state index in [1.807, 2.05) is 0 Å². The molecule has 0 aliphatic rings. The minimum absolute atomic E-state index is 0.0717. The monoisotopic (exact) mass is 320 g/mol. The van der Waals surface area contributed by atoms with E-state index in [1.54, 1.807) is 0 Å². The first-order valence-electron chi connectivity index (χ1n) is 9.06. The van der Waals surface area contributed by atoms with Crippen LogP contribution < -0.4 is 0 Å². The van der Waals surface area contributed by atoms with E-state index in [0.717, 1.165) is 44.9 Å². The first kappa shape index (κ1) is 21.7. The van der Waals surface area contributed by atoms with Crippen LogP contribution in [0.25, 0.3) is 0 Å². The Labute approximate surface area is 143 Å². The van der Waals surface area contributed by atoms with Crippen LogP contribution in [0.4, 0.5) is 0 Å². The normalized spacial score (nSPS) is 12.2. The van der Waals surface area contributed by atoms with Gasteiger partial charge in [0.1, 0.15) is 0 Å². The van der Waals surface area contributed by atoms with E-state index < -0.39 is 0 Å². The molecular formula is C21H36O2. The van der Waals surface area contributed by atoms with E-state index in [-0.39, 0.29) is 5.97 Å². The molecule has 0 heterocycles. The van der Waals surface area contributed by atoms with Crippen molar-refractivity contribution in [2.45, 2.75) is 86.0 Å². The van der Waals surface area contributed by atoms with Gasteiger partial charge >= 0.3 is 5.97 Å². The molecule has 0 aromatic heterocycles. The van der Waals surface area contributed by atoms with Crippen molar-refractivity contribution in [3.05, 3.63) is 34.9 Å². The minimum Gasteiger partial charge on any atom is -0.466 e. The van der Waals surface area contributed by atoms with E-state index in [2.05, 4.69) is 52.8 Å². The summed E-state index contributed by atoms with van der Waals surface area (Å²) in [6.07, 6.45) is 14.6. The van der Waals surface area contributed by atoms with Gasteiger partial charge in [-0.3, -0.25) is 4.79 Å². The molecule has 23 heavy (non-hydrogen) atoms. The lowest BCUT2D eigenvalue weighted by molar-refractivity contribution is -0.143. The number of carbonyl (C=O) groups is 1. The quantitative estimate of drug-likeness (QED) is 0.232. The molecule has 0 unspecified atom stereocenters. The number of hydrogen-bond acceptors (Lipinski definition) is 2. The summed E-state index contributed by atoms with van der Waals surface area (Å²) < 4.78 is 5.15. The van der Waals surface area contributed by atoms with E-state index in [9.17, 15) is 4.79 Å². The fourth-order valence-corrected chi connectivity index (χ4v) is 2.18. The van der Waals surface area contributed by atoms with Crippen molar-refractivity contribution in [3.8, 4) is 0 Å². The Kier molecular flexibility index (Phi) is 13.5. The van der Waals surface area contributed by atoms with Gasteiger partial charge in [0.15, 0.2) is 0 Å². The van der Waals surface area contributed by atoms with Gasteiger partial charge in [-0.05, 0) is 66.2 Å². The Bertz CT molecular complexity index is 410. The highest BCUT2D eigenvalue weighted by atomic mass is 16.5. The number of carbonyl (C=O) groups excluding carboxylic acids is 1. The zero-order valence-corrected chi connectivity index (χ0v) is 15.9. The predicted octanol–water partition coefficient (Wildman–Crippen LogP) is 6.53. The molecule has 0 atom stereocenters. The van der Waals surface area contributed by atoms with Crippen LogP contribution in [-0.4, -0.2) is 12.6 Å². The molecule has 0 bridgehead atoms. The zero-order valence-electron chi connectivity index (χ0n) is 15.9. The van der Waals surface area contributed by atoms with Crippen LogP contribution in [-0.2, 0) is 9.53 Å². The second kappa shape index (κ2) is 14.3. The Morgan fingerprint density at radius 1 is 0.826 bits per heavy atom. The second-order valence-corrected chi connectivity index (χ2v) is 6.57. The summed E-state index contributed by atoms with van der Waals surface area (Å²) in [7, 11) is 0. The van der Waals surface area contributed by atoms with Gasteiger partial charge in [0.25, 0.3) is 0 Å². The maximum atomic E-state index is 11.5. The van der Waals surface area contributed by atoms with E-state index >= 15 is 0 Å². The van der Waals surface area contributed by atoms with Gasteiger partial charge in [0.05, 0.1) is 6.61 Å². The van der Waals surface area contributed by atoms with E-state index in [1.165, 1.54) is 16.7 Å². The Balaban J connectivity index is 3.85. The topological polar surface area (TPSA) is 26.3 Å². The van der Waals surface area contributed by atoms with Crippen molar-refractivity contribution in [2.24, 2.45) is 0 Å². The van der Waals surface area contributed by atoms with Gasteiger partial charge in [0.2, 0.25) is 0 Å². The molecule has 0 aromatic carbocycles. The van der Waals surface area contributed by atoms with Crippen molar-refractivity contribution in [1.82, 2.24) is 0 Å². The van der Waals surface area contributed by atoms with Gasteiger partial charge in [-0.25, -0.2) is 0 Å². The number of ether oxygens (including phenoxy) is 1. The van der Waals surface area contributed by atoms with Crippen LogP contribution in [0.5, 0.6) is 0 Å². The van der Waals surface area contributed by atoms with Crippen molar-refractivity contribution in [3.63, 3.8) is 0 Å². The largest absolute Gasteiger partial charge is 0.466 e. The maximum Gasteiger partial charge on any atom is 0.306 e. The Morgan fingerprint density at radius 2 is 1.35 bits per heavy atom. The van der Waals surface area contributed by atoms with Crippen LogP contribution >= 0.6 is 0 Å². The Hall–Kier alpha value is -1.31. The van der Waals surface area contributed by atoms with Crippen molar-refractivity contribution in [1.29, 1.82) is 0 Å². The highest BCUT2D eigenvalue weighted by Crippen LogP contribution is 2.12. The molecule has 0 rings (SSSR count). The number of esters is 1. The number of hydrogen-bond donors (Lipinski definition) is 0. The molecule has 0 saturated heterocycles. The second-order valence-electron chi connectivity index (χ2n) is 6.57. The Morgan fingerprint density at radius 3 is 1.87 bits per heavy atom. The molecule has 0 fully saturated rings. The summed E-state index contributed by atoms with van der Waals surface area (Å²) in [4.78, 5) is 11.5. The van der Waals surface area contributed by atoms with Crippen molar-refractivity contribution >= 4 is 5.97 Å². The minimum atomic E-state index is -0.0717. The van der Waals surface area contributed by atoms with Crippen molar-refractivity contribution in [2.75, 3.05) is 6.61 Å². The number of allylic oxidation sites excluding steroid dienone is 6. The fraction of sp³-hybridized carbons (Fsp3) is 0.667. The molecule has 0 N–H and O–H groups in total. The van der Waals surface area contributed by atoms with Gasteiger partial charge in [0, 0.05) is 6.42 Å². The third kappa shape index (κ3) is 15.4. The molecule has 0 aliphatic heterocycles. The molecular weight excluding hydrogens is 284 g/mol. The predicted molar refractivity (Wildman–Crippen MR) is 101 cm³/mol. The highest BCUT2D eigenvalue weighted by Gasteiger charge is 2.00. The fourth-order valence-electron chi connectivity index (χ4n) is 2.18. The molecule has 2 nitrogen and oxygen atoms in total.